The molecular formula is C21H12N2O3. The van der Waals surface area contributed by atoms with Crippen LogP contribution < -0.4 is 4.74 Å². The molecule has 0 aliphatic heterocycles. The van der Waals surface area contributed by atoms with E-state index in [1.165, 1.54) is 0 Å². The summed E-state index contributed by atoms with van der Waals surface area (Å²) in [6.45, 7) is 0. The zero-order valence-corrected chi connectivity index (χ0v) is 13.5. The van der Waals surface area contributed by atoms with Gasteiger partial charge in [0.15, 0.2) is 5.58 Å². The Bertz CT molecular complexity index is 1090. The Hall–Kier alpha value is -3.91. The lowest BCUT2D eigenvalue weighted by atomic mass is 10.1. The van der Waals surface area contributed by atoms with Gasteiger partial charge in [-0.3, -0.25) is 0 Å². The number of esters is 1. The van der Waals surface area contributed by atoms with Crippen LogP contribution in [0.25, 0.3) is 22.6 Å². The molecule has 3 aromatic carbocycles. The summed E-state index contributed by atoms with van der Waals surface area (Å²) in [4.78, 5) is 16.7. The summed E-state index contributed by atoms with van der Waals surface area (Å²) in [5, 5.41) is 8.78. The Balaban J connectivity index is 1.53. The van der Waals surface area contributed by atoms with Crippen LogP contribution in [0.4, 0.5) is 0 Å². The van der Waals surface area contributed by atoms with Crippen LogP contribution >= 0.6 is 0 Å². The highest BCUT2D eigenvalue weighted by Crippen LogP contribution is 2.24. The Morgan fingerprint density at radius 2 is 1.69 bits per heavy atom. The molecule has 1 heterocycles. The molecule has 0 fully saturated rings. The third-order valence-corrected chi connectivity index (χ3v) is 3.86. The van der Waals surface area contributed by atoms with Crippen molar-refractivity contribution < 1.29 is 13.9 Å². The molecule has 1 aromatic heterocycles. The van der Waals surface area contributed by atoms with Crippen LogP contribution in [-0.4, -0.2) is 11.0 Å². The summed E-state index contributed by atoms with van der Waals surface area (Å²) in [5.41, 5.74) is 3.19. The number of fused-ring (bicyclic) bond motifs is 1. The van der Waals surface area contributed by atoms with Crippen molar-refractivity contribution in [2.45, 2.75) is 0 Å². The lowest BCUT2D eigenvalue weighted by Gasteiger charge is -2.04. The van der Waals surface area contributed by atoms with Crippen molar-refractivity contribution in [1.82, 2.24) is 4.98 Å². The molecule has 0 amide bonds. The first-order valence-corrected chi connectivity index (χ1v) is 7.91. The summed E-state index contributed by atoms with van der Waals surface area (Å²) < 4.78 is 11.0. The van der Waals surface area contributed by atoms with Crippen molar-refractivity contribution in [2.24, 2.45) is 0 Å². The van der Waals surface area contributed by atoms with Gasteiger partial charge in [0.25, 0.3) is 0 Å². The van der Waals surface area contributed by atoms with Crippen LogP contribution in [0, 0.1) is 11.3 Å². The number of rotatable bonds is 3. The van der Waals surface area contributed by atoms with Crippen molar-refractivity contribution in [1.29, 1.82) is 5.26 Å². The van der Waals surface area contributed by atoms with Crippen LogP contribution in [0.5, 0.6) is 5.75 Å². The van der Waals surface area contributed by atoms with Gasteiger partial charge >= 0.3 is 5.97 Å². The largest absolute Gasteiger partial charge is 0.436 e. The van der Waals surface area contributed by atoms with E-state index in [1.54, 1.807) is 48.5 Å². The molecule has 0 aliphatic carbocycles. The standard InChI is InChI=1S/C21H12N2O3/c22-13-14-5-11-17(12-6-14)25-21(24)16-9-7-15(8-10-16)20-23-18-3-1-2-4-19(18)26-20/h1-12H. The molecule has 0 unspecified atom stereocenters. The van der Waals surface area contributed by atoms with Crippen LogP contribution in [0.3, 0.4) is 0 Å². The highest BCUT2D eigenvalue weighted by molar-refractivity contribution is 5.91. The van der Waals surface area contributed by atoms with Gasteiger partial charge in [-0.15, -0.1) is 0 Å². The molecule has 0 spiro atoms. The predicted octanol–water partition coefficient (Wildman–Crippen LogP) is 4.59. The van der Waals surface area contributed by atoms with E-state index in [2.05, 4.69) is 4.98 Å². The molecule has 0 atom stereocenters. The van der Waals surface area contributed by atoms with Crippen molar-refractivity contribution in [2.75, 3.05) is 0 Å². The number of hydrogen-bond acceptors (Lipinski definition) is 5. The highest BCUT2D eigenvalue weighted by atomic mass is 16.5. The van der Waals surface area contributed by atoms with E-state index in [4.69, 9.17) is 14.4 Å². The zero-order chi connectivity index (χ0) is 17.9. The lowest BCUT2D eigenvalue weighted by molar-refractivity contribution is 0.0735. The molecule has 26 heavy (non-hydrogen) atoms. The molecule has 124 valence electrons. The molecule has 0 bridgehead atoms. The quantitative estimate of drug-likeness (QED) is 0.403. The first-order valence-electron chi connectivity index (χ1n) is 7.91. The van der Waals surface area contributed by atoms with Gasteiger partial charge in [-0.1, -0.05) is 12.1 Å². The number of oxazole rings is 1. The zero-order valence-electron chi connectivity index (χ0n) is 13.5. The second kappa shape index (κ2) is 6.54. The van der Waals surface area contributed by atoms with Crippen LogP contribution in [-0.2, 0) is 0 Å². The van der Waals surface area contributed by atoms with Gasteiger partial charge in [-0.05, 0) is 60.7 Å². The first kappa shape index (κ1) is 15.6. The third kappa shape index (κ3) is 3.04. The van der Waals surface area contributed by atoms with Gasteiger partial charge in [-0.2, -0.15) is 5.26 Å². The van der Waals surface area contributed by atoms with Gasteiger partial charge in [-0.25, -0.2) is 9.78 Å². The number of carbonyl (C=O) groups is 1. The van der Waals surface area contributed by atoms with Crippen LogP contribution in [0.1, 0.15) is 15.9 Å². The molecule has 0 aliphatic rings. The van der Waals surface area contributed by atoms with Crippen LogP contribution in [0.15, 0.2) is 77.2 Å². The maximum absolute atomic E-state index is 12.2. The van der Waals surface area contributed by atoms with Gasteiger partial charge in [0.1, 0.15) is 11.3 Å². The highest BCUT2D eigenvalue weighted by Gasteiger charge is 2.11. The van der Waals surface area contributed by atoms with E-state index in [1.807, 2.05) is 30.3 Å². The molecule has 5 heteroatoms. The topological polar surface area (TPSA) is 76.1 Å². The van der Waals surface area contributed by atoms with E-state index < -0.39 is 5.97 Å². The van der Waals surface area contributed by atoms with Gasteiger partial charge in [0.05, 0.1) is 17.2 Å². The van der Waals surface area contributed by atoms with Gasteiger partial charge < -0.3 is 9.15 Å². The maximum Gasteiger partial charge on any atom is 0.343 e. The van der Waals surface area contributed by atoms with E-state index in [-0.39, 0.29) is 0 Å². The van der Waals surface area contributed by atoms with E-state index in [9.17, 15) is 4.79 Å². The molecular weight excluding hydrogens is 328 g/mol. The van der Waals surface area contributed by atoms with Crippen LogP contribution in [0.2, 0.25) is 0 Å². The minimum absolute atomic E-state index is 0.386. The molecule has 0 radical (unpaired) electrons. The van der Waals surface area contributed by atoms with Crippen molar-refractivity contribution >= 4 is 17.1 Å². The fraction of sp³-hybridized carbons (Fsp3) is 0. The van der Waals surface area contributed by atoms with Gasteiger partial charge in [0.2, 0.25) is 5.89 Å². The molecule has 0 saturated heterocycles. The van der Waals surface area contributed by atoms with Crippen molar-refractivity contribution in [3.63, 3.8) is 0 Å². The summed E-state index contributed by atoms with van der Waals surface area (Å²) in [7, 11) is 0. The first-order chi connectivity index (χ1) is 12.7. The molecule has 0 N–H and O–H groups in total. The van der Waals surface area contributed by atoms with E-state index in [0.29, 0.717) is 28.4 Å². The predicted molar refractivity (Wildman–Crippen MR) is 95.6 cm³/mol. The summed E-state index contributed by atoms with van der Waals surface area (Å²) >= 11 is 0. The Kier molecular flexibility index (Phi) is 3.92. The number of ether oxygens (including phenoxy) is 1. The Morgan fingerprint density at radius 3 is 2.38 bits per heavy atom. The average molecular weight is 340 g/mol. The normalized spacial score (nSPS) is 10.4. The van der Waals surface area contributed by atoms with Crippen molar-refractivity contribution in [3.05, 3.63) is 83.9 Å². The SMILES string of the molecule is N#Cc1ccc(OC(=O)c2ccc(-c3nc4ccccc4o3)cc2)cc1. The molecule has 0 saturated carbocycles. The summed E-state index contributed by atoms with van der Waals surface area (Å²) in [6.07, 6.45) is 0. The number of para-hydroxylation sites is 2. The second-order valence-electron chi connectivity index (χ2n) is 5.59. The minimum Gasteiger partial charge on any atom is -0.436 e. The molecule has 5 nitrogen and oxygen atoms in total. The fourth-order valence-electron chi connectivity index (χ4n) is 2.51. The second-order valence-corrected chi connectivity index (χ2v) is 5.59. The number of aromatic nitrogens is 1. The van der Waals surface area contributed by atoms with E-state index in [0.717, 1.165) is 11.1 Å². The smallest absolute Gasteiger partial charge is 0.343 e. The van der Waals surface area contributed by atoms with E-state index >= 15 is 0 Å². The van der Waals surface area contributed by atoms with Gasteiger partial charge in [0, 0.05) is 5.56 Å². The average Bonchev–Trinajstić information content (AvgIpc) is 3.13. The Labute approximate surface area is 149 Å². The number of nitriles is 1. The lowest BCUT2D eigenvalue weighted by Crippen LogP contribution is -2.08. The third-order valence-electron chi connectivity index (χ3n) is 3.86. The summed E-state index contributed by atoms with van der Waals surface area (Å²) in [6, 6.07) is 22.8. The fourth-order valence-corrected chi connectivity index (χ4v) is 2.51. The Morgan fingerprint density at radius 1 is 0.962 bits per heavy atom. The molecule has 4 aromatic rings. The molecule has 4 rings (SSSR count). The minimum atomic E-state index is -0.473. The number of benzene rings is 3. The number of hydrogen-bond donors (Lipinski definition) is 0. The van der Waals surface area contributed by atoms with Crippen molar-refractivity contribution in [3.8, 4) is 23.3 Å². The number of carbonyl (C=O) groups excluding carboxylic acids is 1. The maximum atomic E-state index is 12.2. The number of nitrogens with zero attached hydrogens (tertiary/aromatic N) is 2. The monoisotopic (exact) mass is 340 g/mol. The summed E-state index contributed by atoms with van der Waals surface area (Å²) in [5.74, 6) is 0.411.